The van der Waals surface area contributed by atoms with Crippen molar-refractivity contribution in [3.8, 4) is 0 Å². The topological polar surface area (TPSA) is 66.8 Å². The molecule has 2 N–H and O–H groups in total. The summed E-state index contributed by atoms with van der Waals surface area (Å²) >= 11 is 0. The van der Waals surface area contributed by atoms with E-state index in [0.29, 0.717) is 23.3 Å². The molecule has 0 fully saturated rings. The maximum atomic E-state index is 11.6. The monoisotopic (exact) mass is 240 g/mol. The number of rotatable bonds is 5. The molecule has 86 valence electrons. The van der Waals surface area contributed by atoms with Crippen LogP contribution in [0, 0.1) is 0 Å². The molecule has 0 aliphatic heterocycles. The molecule has 0 saturated carbocycles. The molecule has 0 aliphatic rings. The van der Waals surface area contributed by atoms with Gasteiger partial charge in [-0.05, 0) is 26.7 Å². The van der Waals surface area contributed by atoms with E-state index < -0.39 is 18.4 Å². The van der Waals surface area contributed by atoms with E-state index in [-0.39, 0.29) is 0 Å². The van der Waals surface area contributed by atoms with Crippen LogP contribution in [-0.2, 0) is 8.99 Å². The van der Waals surface area contributed by atoms with Crippen molar-refractivity contribution < 1.29 is 18.8 Å². The van der Waals surface area contributed by atoms with Crippen molar-refractivity contribution in [2.24, 2.45) is 0 Å². The van der Waals surface area contributed by atoms with Crippen molar-refractivity contribution >= 4 is 18.1 Å². The van der Waals surface area contributed by atoms with E-state index in [1.807, 2.05) is 0 Å². The maximum absolute atomic E-state index is 11.6. The molecule has 4 nitrogen and oxygen atoms in total. The third-order valence-electron chi connectivity index (χ3n) is 3.36. The average molecular weight is 240 g/mol. The second-order valence-corrected chi connectivity index (χ2v) is 6.35. The minimum atomic E-state index is -4.15. The van der Waals surface area contributed by atoms with Crippen LogP contribution in [0.15, 0.2) is 0 Å². The van der Waals surface area contributed by atoms with Gasteiger partial charge in [0.25, 0.3) is 0 Å². The van der Waals surface area contributed by atoms with Crippen LogP contribution in [-0.4, -0.2) is 31.0 Å². The highest BCUT2D eigenvalue weighted by molar-refractivity contribution is 7.53. The van der Waals surface area contributed by atoms with Crippen LogP contribution in [0.5, 0.6) is 0 Å². The molecule has 14 heavy (non-hydrogen) atoms. The normalized spacial score (nSPS) is 14.7. The molecule has 0 radical (unpaired) electrons. The fraction of sp³-hybridized carbons (Fsp3) is 1.00. The molecule has 0 saturated heterocycles. The lowest BCUT2D eigenvalue weighted by Crippen LogP contribution is -2.50. The first-order chi connectivity index (χ1) is 6.18. The summed E-state index contributed by atoms with van der Waals surface area (Å²) in [5.41, 5.74) is -0.762. The molecule has 0 bridgehead atoms. The van der Waals surface area contributed by atoms with E-state index >= 15 is 0 Å². The van der Waals surface area contributed by atoms with Gasteiger partial charge in [0.2, 0.25) is 0 Å². The van der Waals surface area contributed by atoms with E-state index in [0.717, 1.165) is 0 Å². The largest absolute Gasteiger partial charge is 0.422 e. The van der Waals surface area contributed by atoms with E-state index in [2.05, 4.69) is 0 Å². The summed E-state index contributed by atoms with van der Waals surface area (Å²) in [4.78, 5) is 18.9. The molecule has 0 aliphatic carbocycles. The summed E-state index contributed by atoms with van der Waals surface area (Å²) in [5, 5.41) is -1.05. The van der Waals surface area contributed by atoms with Gasteiger partial charge in [0.15, 0.2) is 0 Å². The highest BCUT2D eigenvalue weighted by atomic mass is 31.2. The van der Waals surface area contributed by atoms with Crippen LogP contribution in [0.1, 0.15) is 40.5 Å². The first-order valence-corrected chi connectivity index (χ1v) is 7.22. The van der Waals surface area contributed by atoms with Gasteiger partial charge in [-0.1, -0.05) is 13.8 Å². The van der Waals surface area contributed by atoms with Crippen molar-refractivity contribution in [1.29, 1.82) is 0 Å². The Morgan fingerprint density at radius 2 is 1.64 bits per heavy atom. The molecule has 0 rings (SSSR count). The van der Waals surface area contributed by atoms with Crippen molar-refractivity contribution in [3.05, 3.63) is 0 Å². The fourth-order valence-corrected chi connectivity index (χ4v) is 4.23. The molecular formula is C8H21O4PSi. The third kappa shape index (κ3) is 2.12. The van der Waals surface area contributed by atoms with Crippen molar-refractivity contribution in [2.45, 2.75) is 51.3 Å². The smallest absolute Gasteiger partial charge is 0.334 e. The second kappa shape index (κ2) is 4.45. The minimum absolute atomic E-state index is 0.420. The molecule has 0 spiro atoms. The zero-order chi connectivity index (χ0) is 11.6. The molecule has 0 amide bonds. The molecule has 6 heteroatoms. The molecule has 0 aromatic heterocycles. The van der Waals surface area contributed by atoms with Crippen molar-refractivity contribution in [2.75, 3.05) is 0 Å². The van der Waals surface area contributed by atoms with Crippen LogP contribution in [0.4, 0.5) is 0 Å². The predicted molar refractivity (Wildman–Crippen MR) is 60.5 cm³/mol. The lowest BCUT2D eigenvalue weighted by atomic mass is 9.85. The summed E-state index contributed by atoms with van der Waals surface area (Å²) < 4.78 is 16.9. The molecule has 0 unspecified atom stereocenters. The summed E-state index contributed by atoms with van der Waals surface area (Å²) in [6, 6.07) is 0. The standard InChI is InChI=1S/C8H21O4PSi/c1-5-8(6-2,13(9,10)11)7(3,4)12-14/h5-6H2,1-4,14H3,(H2,9,10,11). The fourth-order valence-electron chi connectivity index (χ4n) is 2.05. The van der Waals surface area contributed by atoms with Gasteiger partial charge in [-0.3, -0.25) is 4.57 Å². The van der Waals surface area contributed by atoms with Crippen LogP contribution >= 0.6 is 7.60 Å². The molecule has 0 aromatic carbocycles. The zero-order valence-electron chi connectivity index (χ0n) is 9.57. The van der Waals surface area contributed by atoms with Crippen LogP contribution < -0.4 is 0 Å². The van der Waals surface area contributed by atoms with E-state index in [9.17, 15) is 14.4 Å². The predicted octanol–water partition coefficient (Wildman–Crippen LogP) is 0.798. The van der Waals surface area contributed by atoms with Gasteiger partial charge in [0.1, 0.15) is 10.5 Å². The molecule has 0 heterocycles. The molecular weight excluding hydrogens is 219 g/mol. The Bertz CT molecular complexity index is 231. The highest BCUT2D eigenvalue weighted by Gasteiger charge is 2.54. The van der Waals surface area contributed by atoms with Gasteiger partial charge in [-0.2, -0.15) is 0 Å². The van der Waals surface area contributed by atoms with Gasteiger partial charge in [0.05, 0.1) is 10.8 Å². The van der Waals surface area contributed by atoms with Gasteiger partial charge in [-0.25, -0.2) is 0 Å². The summed E-state index contributed by atoms with van der Waals surface area (Å²) in [6.07, 6.45) is 0.839. The summed E-state index contributed by atoms with van der Waals surface area (Å²) in [6.45, 7) is 7.11. The first kappa shape index (κ1) is 14.3. The Labute approximate surface area is 88.8 Å². The Kier molecular flexibility index (Phi) is 4.56. The summed E-state index contributed by atoms with van der Waals surface area (Å²) in [7, 11) is -3.67. The Morgan fingerprint density at radius 3 is 1.71 bits per heavy atom. The Morgan fingerprint density at radius 1 is 1.29 bits per heavy atom. The maximum Gasteiger partial charge on any atom is 0.334 e. The molecule has 0 atom stereocenters. The van der Waals surface area contributed by atoms with Gasteiger partial charge >= 0.3 is 7.60 Å². The lowest BCUT2D eigenvalue weighted by Gasteiger charge is -2.45. The number of hydrogen-bond acceptors (Lipinski definition) is 2. The summed E-state index contributed by atoms with van der Waals surface area (Å²) in [5.74, 6) is 0. The van der Waals surface area contributed by atoms with Crippen molar-refractivity contribution in [3.63, 3.8) is 0 Å². The van der Waals surface area contributed by atoms with Crippen molar-refractivity contribution in [1.82, 2.24) is 0 Å². The van der Waals surface area contributed by atoms with E-state index in [4.69, 9.17) is 4.43 Å². The minimum Gasteiger partial charge on any atom is -0.422 e. The lowest BCUT2D eigenvalue weighted by molar-refractivity contribution is 0.0509. The molecule has 0 aromatic rings. The zero-order valence-corrected chi connectivity index (χ0v) is 12.5. The van der Waals surface area contributed by atoms with E-state index in [1.165, 1.54) is 0 Å². The average Bonchev–Trinajstić information content (AvgIpc) is 2.04. The van der Waals surface area contributed by atoms with Gasteiger partial charge in [0, 0.05) is 0 Å². The Balaban J connectivity index is 5.41. The third-order valence-corrected chi connectivity index (χ3v) is 6.67. The van der Waals surface area contributed by atoms with Gasteiger partial charge in [-0.15, -0.1) is 0 Å². The second-order valence-electron chi connectivity index (χ2n) is 4.00. The highest BCUT2D eigenvalue weighted by Crippen LogP contribution is 2.60. The van der Waals surface area contributed by atoms with Crippen LogP contribution in [0.3, 0.4) is 0 Å². The van der Waals surface area contributed by atoms with Gasteiger partial charge < -0.3 is 14.2 Å². The number of hydrogen-bond donors (Lipinski definition) is 2. The SMILES string of the molecule is CCC(CC)(C(C)(C)O[SiH3])P(=O)(O)O. The first-order valence-electron chi connectivity index (χ1n) is 4.79. The van der Waals surface area contributed by atoms with Crippen LogP contribution in [0.25, 0.3) is 0 Å². The van der Waals surface area contributed by atoms with Crippen LogP contribution in [0.2, 0.25) is 0 Å². The Hall–Kier alpha value is 0.327. The van der Waals surface area contributed by atoms with E-state index in [1.54, 1.807) is 27.7 Å². The quantitative estimate of drug-likeness (QED) is 0.551.